The number of nitrogens with zero attached hydrogens (tertiary/aromatic N) is 2. The van der Waals surface area contributed by atoms with Crippen LogP contribution in [0.2, 0.25) is 0 Å². The SMILES string of the molecule is CCOC(=O)c1ncc(C[N+](=O)[O-])[nH]1. The number of nitrogens with one attached hydrogen (secondary N) is 1. The number of aromatic nitrogens is 2. The van der Waals surface area contributed by atoms with Gasteiger partial charge in [-0.1, -0.05) is 0 Å². The predicted molar refractivity (Wildman–Crippen MR) is 45.2 cm³/mol. The molecule has 1 aromatic rings. The van der Waals surface area contributed by atoms with Crippen LogP contribution < -0.4 is 0 Å². The Bertz CT molecular complexity index is 346. The second-order valence-electron chi connectivity index (χ2n) is 2.47. The van der Waals surface area contributed by atoms with Crippen LogP contribution in [-0.4, -0.2) is 27.5 Å². The number of carbonyl (C=O) groups excluding carboxylic acids is 1. The lowest BCUT2D eigenvalue weighted by molar-refractivity contribution is -0.497. The van der Waals surface area contributed by atoms with Crippen molar-refractivity contribution in [2.75, 3.05) is 6.61 Å². The van der Waals surface area contributed by atoms with E-state index in [4.69, 9.17) is 0 Å². The van der Waals surface area contributed by atoms with Crippen molar-refractivity contribution in [1.82, 2.24) is 9.97 Å². The maximum atomic E-state index is 11.1. The summed E-state index contributed by atoms with van der Waals surface area (Å²) in [7, 11) is 0. The first-order valence-corrected chi connectivity index (χ1v) is 3.96. The van der Waals surface area contributed by atoms with Gasteiger partial charge in [-0.25, -0.2) is 9.78 Å². The minimum Gasteiger partial charge on any atom is -0.460 e. The lowest BCUT2D eigenvalue weighted by Crippen LogP contribution is -2.07. The molecule has 7 heteroatoms. The van der Waals surface area contributed by atoms with Gasteiger partial charge in [0, 0.05) is 4.92 Å². The third-order valence-corrected chi connectivity index (χ3v) is 1.40. The van der Waals surface area contributed by atoms with Crippen molar-refractivity contribution in [3.8, 4) is 0 Å². The van der Waals surface area contributed by atoms with Crippen LogP contribution in [0.5, 0.6) is 0 Å². The van der Waals surface area contributed by atoms with Crippen molar-refractivity contribution < 1.29 is 14.5 Å². The van der Waals surface area contributed by atoms with Crippen LogP contribution in [0.25, 0.3) is 0 Å². The molecule has 0 bridgehead atoms. The second kappa shape index (κ2) is 4.35. The highest BCUT2D eigenvalue weighted by Crippen LogP contribution is 2.00. The van der Waals surface area contributed by atoms with Crippen LogP contribution in [0, 0.1) is 10.1 Å². The van der Waals surface area contributed by atoms with Gasteiger partial charge < -0.3 is 9.72 Å². The van der Waals surface area contributed by atoms with Crippen molar-refractivity contribution >= 4 is 5.97 Å². The Kier molecular flexibility index (Phi) is 3.16. The molecule has 14 heavy (non-hydrogen) atoms. The summed E-state index contributed by atoms with van der Waals surface area (Å²) in [5, 5.41) is 10.1. The van der Waals surface area contributed by atoms with Gasteiger partial charge in [0.05, 0.1) is 12.8 Å². The topological polar surface area (TPSA) is 98.1 Å². The average molecular weight is 199 g/mol. The highest BCUT2D eigenvalue weighted by atomic mass is 16.6. The van der Waals surface area contributed by atoms with Crippen LogP contribution in [0.4, 0.5) is 0 Å². The molecule has 1 N–H and O–H groups in total. The number of aromatic amines is 1. The summed E-state index contributed by atoms with van der Waals surface area (Å²) in [6, 6.07) is 0. The van der Waals surface area contributed by atoms with Gasteiger partial charge in [0.15, 0.2) is 0 Å². The number of nitro groups is 1. The number of hydrogen-bond acceptors (Lipinski definition) is 5. The molecular formula is C7H9N3O4. The van der Waals surface area contributed by atoms with E-state index in [0.29, 0.717) is 0 Å². The van der Waals surface area contributed by atoms with Gasteiger partial charge in [-0.05, 0) is 6.92 Å². The first-order valence-electron chi connectivity index (χ1n) is 3.96. The third-order valence-electron chi connectivity index (χ3n) is 1.40. The molecule has 1 heterocycles. The van der Waals surface area contributed by atoms with E-state index in [2.05, 4.69) is 14.7 Å². The van der Waals surface area contributed by atoms with Crippen LogP contribution in [-0.2, 0) is 11.3 Å². The molecule has 0 aliphatic heterocycles. The zero-order valence-corrected chi connectivity index (χ0v) is 7.52. The number of esters is 1. The summed E-state index contributed by atoms with van der Waals surface area (Å²) >= 11 is 0. The number of H-pyrrole nitrogens is 1. The summed E-state index contributed by atoms with van der Waals surface area (Å²) in [5.74, 6) is -0.620. The van der Waals surface area contributed by atoms with Crippen molar-refractivity contribution in [3.63, 3.8) is 0 Å². The predicted octanol–water partition coefficient (Wildman–Crippen LogP) is 0.363. The Labute approximate surface area is 79.2 Å². The molecule has 1 rings (SSSR count). The van der Waals surface area contributed by atoms with Gasteiger partial charge in [-0.15, -0.1) is 0 Å². The number of imidazole rings is 1. The van der Waals surface area contributed by atoms with E-state index in [1.807, 2.05) is 0 Å². The Balaban J connectivity index is 2.67. The fourth-order valence-corrected chi connectivity index (χ4v) is 0.882. The number of hydrogen-bond donors (Lipinski definition) is 1. The fourth-order valence-electron chi connectivity index (χ4n) is 0.882. The Morgan fingerprint density at radius 2 is 2.50 bits per heavy atom. The second-order valence-corrected chi connectivity index (χ2v) is 2.47. The number of rotatable bonds is 4. The van der Waals surface area contributed by atoms with Crippen LogP contribution in [0.3, 0.4) is 0 Å². The normalized spacial score (nSPS) is 9.79. The smallest absolute Gasteiger partial charge is 0.374 e. The van der Waals surface area contributed by atoms with E-state index >= 15 is 0 Å². The van der Waals surface area contributed by atoms with Crippen LogP contribution in [0.1, 0.15) is 23.2 Å². The fraction of sp³-hybridized carbons (Fsp3) is 0.429. The highest BCUT2D eigenvalue weighted by molar-refractivity contribution is 5.85. The standard InChI is InChI=1S/C7H9N3O4/c1-2-14-7(11)6-8-3-5(9-6)4-10(12)13/h3H,2,4H2,1H3,(H,8,9). The molecule has 0 spiro atoms. The van der Waals surface area contributed by atoms with Gasteiger partial charge >= 0.3 is 5.97 Å². The summed E-state index contributed by atoms with van der Waals surface area (Å²) < 4.78 is 4.64. The van der Waals surface area contributed by atoms with Crippen molar-refractivity contribution in [3.05, 3.63) is 27.8 Å². The molecule has 0 aliphatic carbocycles. The Hall–Kier alpha value is -1.92. The Morgan fingerprint density at radius 1 is 1.79 bits per heavy atom. The zero-order valence-electron chi connectivity index (χ0n) is 7.52. The highest BCUT2D eigenvalue weighted by Gasteiger charge is 2.12. The molecule has 0 saturated heterocycles. The molecule has 0 saturated carbocycles. The van der Waals surface area contributed by atoms with Gasteiger partial charge in [-0.3, -0.25) is 10.1 Å². The van der Waals surface area contributed by atoms with E-state index in [-0.39, 0.29) is 24.7 Å². The quantitative estimate of drug-likeness (QED) is 0.429. The summed E-state index contributed by atoms with van der Waals surface area (Å²) in [5.41, 5.74) is 0.276. The lowest BCUT2D eigenvalue weighted by atomic mass is 10.5. The Morgan fingerprint density at radius 3 is 3.07 bits per heavy atom. The molecule has 7 nitrogen and oxygen atoms in total. The van der Waals surface area contributed by atoms with E-state index in [1.54, 1.807) is 6.92 Å². The third kappa shape index (κ3) is 2.54. The van der Waals surface area contributed by atoms with Gasteiger partial charge in [0.1, 0.15) is 5.69 Å². The largest absolute Gasteiger partial charge is 0.460 e. The molecule has 0 atom stereocenters. The first-order chi connectivity index (χ1) is 6.63. The van der Waals surface area contributed by atoms with Crippen molar-refractivity contribution in [2.45, 2.75) is 13.5 Å². The average Bonchev–Trinajstić information content (AvgIpc) is 2.52. The molecular weight excluding hydrogens is 190 g/mol. The monoisotopic (exact) mass is 199 g/mol. The number of ether oxygens (including phenoxy) is 1. The van der Waals surface area contributed by atoms with Crippen molar-refractivity contribution in [1.29, 1.82) is 0 Å². The van der Waals surface area contributed by atoms with E-state index in [1.165, 1.54) is 6.20 Å². The van der Waals surface area contributed by atoms with E-state index < -0.39 is 10.9 Å². The minimum absolute atomic E-state index is 0.0105. The molecule has 0 amide bonds. The minimum atomic E-state index is -0.609. The van der Waals surface area contributed by atoms with Crippen molar-refractivity contribution in [2.24, 2.45) is 0 Å². The molecule has 0 unspecified atom stereocenters. The van der Waals surface area contributed by atoms with Crippen LogP contribution >= 0.6 is 0 Å². The summed E-state index contributed by atoms with van der Waals surface area (Å²) in [4.78, 5) is 26.8. The molecule has 76 valence electrons. The summed E-state index contributed by atoms with van der Waals surface area (Å²) in [6.45, 7) is 1.52. The van der Waals surface area contributed by atoms with E-state index in [0.717, 1.165) is 0 Å². The summed E-state index contributed by atoms with van der Waals surface area (Å²) in [6.07, 6.45) is 1.25. The maximum Gasteiger partial charge on any atom is 0.374 e. The number of carbonyl (C=O) groups is 1. The molecule has 0 fully saturated rings. The molecule has 0 radical (unpaired) electrons. The van der Waals surface area contributed by atoms with Crippen LogP contribution in [0.15, 0.2) is 6.20 Å². The lowest BCUT2D eigenvalue weighted by Gasteiger charge is -1.95. The maximum absolute atomic E-state index is 11.1. The van der Waals surface area contributed by atoms with Gasteiger partial charge in [0.25, 0.3) is 0 Å². The molecule has 1 aromatic heterocycles. The van der Waals surface area contributed by atoms with Gasteiger partial charge in [0.2, 0.25) is 12.4 Å². The molecule has 0 aliphatic rings. The molecule has 0 aromatic carbocycles. The van der Waals surface area contributed by atoms with E-state index in [9.17, 15) is 14.9 Å². The first kappa shape index (κ1) is 10.2. The van der Waals surface area contributed by atoms with Gasteiger partial charge in [-0.2, -0.15) is 0 Å². The zero-order chi connectivity index (χ0) is 10.6.